The van der Waals surface area contributed by atoms with E-state index in [0.29, 0.717) is 4.88 Å². The summed E-state index contributed by atoms with van der Waals surface area (Å²) in [7, 11) is 0. The quantitative estimate of drug-likeness (QED) is 0.816. The van der Waals surface area contributed by atoms with Crippen LogP contribution in [0.2, 0.25) is 0 Å². The standard InChI is InChI=1S/C14H13F3N2OS/c1-7-5-12(21-8(7)2)13(20)19-9-3-4-11(18)10(6-9)14(15,16)17/h3-6H,18H2,1-2H3,(H,19,20). The number of hydrogen-bond donors (Lipinski definition) is 2. The summed E-state index contributed by atoms with van der Waals surface area (Å²) in [5.74, 6) is -0.436. The number of hydrogen-bond acceptors (Lipinski definition) is 3. The molecule has 0 aliphatic carbocycles. The molecule has 7 heteroatoms. The predicted molar refractivity (Wildman–Crippen MR) is 77.6 cm³/mol. The van der Waals surface area contributed by atoms with Crippen LogP contribution in [0.3, 0.4) is 0 Å². The van der Waals surface area contributed by atoms with E-state index in [1.807, 2.05) is 13.8 Å². The van der Waals surface area contributed by atoms with E-state index in [1.165, 1.54) is 17.4 Å². The lowest BCUT2D eigenvalue weighted by Crippen LogP contribution is -2.13. The van der Waals surface area contributed by atoms with E-state index in [0.717, 1.165) is 22.6 Å². The maximum absolute atomic E-state index is 12.8. The van der Waals surface area contributed by atoms with Gasteiger partial charge in [0.1, 0.15) is 0 Å². The fraction of sp³-hybridized carbons (Fsp3) is 0.214. The van der Waals surface area contributed by atoms with Crippen molar-refractivity contribution in [1.29, 1.82) is 0 Å². The summed E-state index contributed by atoms with van der Waals surface area (Å²) >= 11 is 1.30. The summed E-state index contributed by atoms with van der Waals surface area (Å²) in [6.45, 7) is 3.75. The molecular formula is C14H13F3N2OS. The summed E-state index contributed by atoms with van der Waals surface area (Å²) in [4.78, 5) is 13.5. The zero-order valence-corrected chi connectivity index (χ0v) is 12.2. The molecule has 0 aliphatic rings. The number of thiophene rings is 1. The van der Waals surface area contributed by atoms with Gasteiger partial charge >= 0.3 is 6.18 Å². The summed E-state index contributed by atoms with van der Waals surface area (Å²) in [6, 6.07) is 5.01. The molecule has 1 amide bonds. The Balaban J connectivity index is 2.26. The Hall–Kier alpha value is -2.02. The van der Waals surface area contributed by atoms with Gasteiger partial charge in [-0.05, 0) is 43.7 Å². The van der Waals surface area contributed by atoms with Crippen LogP contribution in [-0.4, -0.2) is 5.91 Å². The van der Waals surface area contributed by atoms with E-state index in [2.05, 4.69) is 5.32 Å². The van der Waals surface area contributed by atoms with E-state index in [-0.39, 0.29) is 11.4 Å². The number of alkyl halides is 3. The lowest BCUT2D eigenvalue weighted by atomic mass is 10.1. The van der Waals surface area contributed by atoms with Gasteiger partial charge in [-0.3, -0.25) is 4.79 Å². The largest absolute Gasteiger partial charge is 0.418 e. The fourth-order valence-electron chi connectivity index (χ4n) is 1.76. The van der Waals surface area contributed by atoms with Crippen molar-refractivity contribution in [2.24, 2.45) is 0 Å². The third-order valence-corrected chi connectivity index (χ3v) is 4.16. The Morgan fingerprint density at radius 3 is 2.43 bits per heavy atom. The molecule has 0 fully saturated rings. The molecule has 0 saturated carbocycles. The molecular weight excluding hydrogens is 301 g/mol. The number of carbonyl (C=O) groups is 1. The van der Waals surface area contributed by atoms with Crippen LogP contribution in [0.5, 0.6) is 0 Å². The minimum atomic E-state index is -4.55. The number of nitrogens with two attached hydrogens (primary N) is 1. The van der Waals surface area contributed by atoms with E-state index in [1.54, 1.807) is 6.07 Å². The zero-order valence-electron chi connectivity index (χ0n) is 11.3. The van der Waals surface area contributed by atoms with Crippen LogP contribution in [-0.2, 0) is 6.18 Å². The van der Waals surface area contributed by atoms with Gasteiger partial charge in [-0.2, -0.15) is 13.2 Å². The summed E-state index contributed by atoms with van der Waals surface area (Å²) in [5, 5.41) is 2.45. The highest BCUT2D eigenvalue weighted by atomic mass is 32.1. The molecule has 0 aliphatic heterocycles. The zero-order chi connectivity index (χ0) is 15.8. The Morgan fingerprint density at radius 2 is 1.90 bits per heavy atom. The first kappa shape index (κ1) is 15.4. The first-order valence-electron chi connectivity index (χ1n) is 6.03. The van der Waals surface area contributed by atoms with Crippen molar-refractivity contribution >= 4 is 28.6 Å². The molecule has 0 unspecified atom stereocenters. The van der Waals surface area contributed by atoms with Crippen LogP contribution < -0.4 is 11.1 Å². The average Bonchev–Trinajstić information content (AvgIpc) is 2.71. The maximum atomic E-state index is 12.8. The van der Waals surface area contributed by atoms with Crippen LogP contribution in [0, 0.1) is 13.8 Å². The first-order chi connectivity index (χ1) is 9.68. The number of amides is 1. The van der Waals surface area contributed by atoms with Crippen LogP contribution in [0.4, 0.5) is 24.5 Å². The highest BCUT2D eigenvalue weighted by Crippen LogP contribution is 2.35. The number of halogens is 3. The molecule has 0 saturated heterocycles. The molecule has 3 N–H and O–H groups in total. The number of rotatable bonds is 2. The normalized spacial score (nSPS) is 11.5. The summed E-state index contributed by atoms with van der Waals surface area (Å²) in [5.41, 5.74) is 5.01. The van der Waals surface area contributed by atoms with Gasteiger partial charge < -0.3 is 11.1 Å². The van der Waals surface area contributed by atoms with Crippen molar-refractivity contribution in [2.75, 3.05) is 11.1 Å². The monoisotopic (exact) mass is 314 g/mol. The number of anilines is 2. The number of benzene rings is 1. The smallest absolute Gasteiger partial charge is 0.398 e. The number of aryl methyl sites for hydroxylation is 2. The third-order valence-electron chi connectivity index (χ3n) is 3.01. The molecule has 21 heavy (non-hydrogen) atoms. The minimum Gasteiger partial charge on any atom is -0.398 e. The van der Waals surface area contributed by atoms with Crippen molar-refractivity contribution in [3.05, 3.63) is 45.1 Å². The van der Waals surface area contributed by atoms with E-state index in [9.17, 15) is 18.0 Å². The molecule has 112 valence electrons. The molecule has 1 aromatic heterocycles. The minimum absolute atomic E-state index is 0.0604. The van der Waals surface area contributed by atoms with E-state index in [4.69, 9.17) is 5.73 Å². The lowest BCUT2D eigenvalue weighted by Gasteiger charge is -2.12. The SMILES string of the molecule is Cc1cc(C(=O)Nc2ccc(N)c(C(F)(F)F)c2)sc1C. The second kappa shape index (κ2) is 5.40. The maximum Gasteiger partial charge on any atom is 0.418 e. The summed E-state index contributed by atoms with van der Waals surface area (Å²) < 4.78 is 38.3. The Kier molecular flexibility index (Phi) is 3.95. The van der Waals surface area contributed by atoms with Crippen LogP contribution >= 0.6 is 11.3 Å². The van der Waals surface area contributed by atoms with Gasteiger partial charge in [0.25, 0.3) is 5.91 Å². The van der Waals surface area contributed by atoms with Crippen molar-refractivity contribution in [3.8, 4) is 0 Å². The average molecular weight is 314 g/mol. The molecule has 3 nitrogen and oxygen atoms in total. The highest BCUT2D eigenvalue weighted by molar-refractivity contribution is 7.14. The van der Waals surface area contributed by atoms with E-state index < -0.39 is 17.6 Å². The second-order valence-electron chi connectivity index (χ2n) is 4.60. The van der Waals surface area contributed by atoms with Crippen LogP contribution in [0.15, 0.2) is 24.3 Å². The van der Waals surface area contributed by atoms with Crippen molar-refractivity contribution in [1.82, 2.24) is 0 Å². The van der Waals surface area contributed by atoms with Gasteiger partial charge in [0.2, 0.25) is 0 Å². The first-order valence-corrected chi connectivity index (χ1v) is 6.85. The Morgan fingerprint density at radius 1 is 1.24 bits per heavy atom. The third kappa shape index (κ3) is 3.36. The second-order valence-corrected chi connectivity index (χ2v) is 5.86. The molecule has 2 aromatic rings. The molecule has 1 heterocycles. The number of nitrogens with one attached hydrogen (secondary N) is 1. The Bertz CT molecular complexity index is 673. The molecule has 2 rings (SSSR count). The topological polar surface area (TPSA) is 55.1 Å². The predicted octanol–water partition coefficient (Wildman–Crippen LogP) is 4.22. The molecule has 1 aromatic carbocycles. The van der Waals surface area contributed by atoms with Crippen molar-refractivity contribution in [2.45, 2.75) is 20.0 Å². The van der Waals surface area contributed by atoms with Gasteiger partial charge in [0.15, 0.2) is 0 Å². The van der Waals surface area contributed by atoms with Crippen LogP contribution in [0.25, 0.3) is 0 Å². The Labute approximate surface area is 123 Å². The van der Waals surface area contributed by atoms with Gasteiger partial charge in [-0.1, -0.05) is 0 Å². The lowest BCUT2D eigenvalue weighted by molar-refractivity contribution is -0.136. The summed E-state index contributed by atoms with van der Waals surface area (Å²) in [6.07, 6.45) is -4.55. The molecule has 0 bridgehead atoms. The molecule has 0 radical (unpaired) electrons. The molecule has 0 atom stereocenters. The number of carbonyl (C=O) groups excluding carboxylic acids is 1. The van der Waals surface area contributed by atoms with E-state index >= 15 is 0 Å². The van der Waals surface area contributed by atoms with Gasteiger partial charge in [0.05, 0.1) is 10.4 Å². The van der Waals surface area contributed by atoms with Gasteiger partial charge in [-0.15, -0.1) is 11.3 Å². The van der Waals surface area contributed by atoms with Gasteiger partial charge in [-0.25, -0.2) is 0 Å². The van der Waals surface area contributed by atoms with Gasteiger partial charge in [0, 0.05) is 16.3 Å². The highest BCUT2D eigenvalue weighted by Gasteiger charge is 2.33. The molecule has 0 spiro atoms. The van der Waals surface area contributed by atoms with Crippen molar-refractivity contribution in [3.63, 3.8) is 0 Å². The number of nitrogen functional groups attached to an aromatic ring is 1. The fourth-order valence-corrected chi connectivity index (χ4v) is 2.69. The van der Waals surface area contributed by atoms with Crippen LogP contribution in [0.1, 0.15) is 25.7 Å². The van der Waals surface area contributed by atoms with Crippen molar-refractivity contribution < 1.29 is 18.0 Å².